The predicted molar refractivity (Wildman–Crippen MR) is 46.4 cm³/mol. The quantitative estimate of drug-likeness (QED) is 0.388. The van der Waals surface area contributed by atoms with Crippen LogP contribution >= 0.6 is 0 Å². The van der Waals surface area contributed by atoms with Crippen LogP contribution in [-0.4, -0.2) is 19.1 Å². The average molecular weight is 436 g/mol. The summed E-state index contributed by atoms with van der Waals surface area (Å²) in [6.07, 6.45) is 10.8. The zero-order chi connectivity index (χ0) is 8.81. The largest absolute Gasteiger partial charge is 2.00 e. The standard InChI is InChI=1S/2C4H6N2.2ClH.Hg/c2*1-6-3-2-5-4-6;;;/h2*2-4H,1H3;2*1H;/q;;;;+2/p-2. The van der Waals surface area contributed by atoms with Crippen molar-refractivity contribution in [3.05, 3.63) is 37.4 Å². The van der Waals surface area contributed by atoms with Crippen LogP contribution < -0.4 is 24.8 Å². The van der Waals surface area contributed by atoms with Gasteiger partial charge in [-0.3, -0.25) is 0 Å². The van der Waals surface area contributed by atoms with Crippen LogP contribution in [0.15, 0.2) is 37.4 Å². The topological polar surface area (TPSA) is 35.6 Å². The van der Waals surface area contributed by atoms with E-state index in [9.17, 15) is 0 Å². The summed E-state index contributed by atoms with van der Waals surface area (Å²) in [5, 5.41) is 0. The summed E-state index contributed by atoms with van der Waals surface area (Å²) in [5.41, 5.74) is 0. The molecule has 0 aliphatic carbocycles. The van der Waals surface area contributed by atoms with Gasteiger partial charge in [-0.1, -0.05) is 0 Å². The average Bonchev–Trinajstić information content (AvgIpc) is 2.63. The van der Waals surface area contributed by atoms with Gasteiger partial charge in [-0.15, -0.1) is 0 Å². The van der Waals surface area contributed by atoms with Gasteiger partial charge >= 0.3 is 27.7 Å². The van der Waals surface area contributed by atoms with Gasteiger partial charge in [-0.2, -0.15) is 0 Å². The molecule has 0 unspecified atom stereocenters. The summed E-state index contributed by atoms with van der Waals surface area (Å²) in [7, 11) is 3.88. The van der Waals surface area contributed by atoms with E-state index in [0.717, 1.165) is 0 Å². The Morgan fingerprint density at radius 2 is 1.13 bits per heavy atom. The molecule has 4 nitrogen and oxygen atoms in total. The van der Waals surface area contributed by atoms with Gasteiger partial charge in [0.25, 0.3) is 0 Å². The molecule has 0 fully saturated rings. The van der Waals surface area contributed by atoms with Crippen LogP contribution in [0.1, 0.15) is 0 Å². The molecule has 0 saturated carbocycles. The van der Waals surface area contributed by atoms with Crippen LogP contribution in [0.2, 0.25) is 0 Å². The van der Waals surface area contributed by atoms with Gasteiger partial charge in [-0.05, 0) is 0 Å². The van der Waals surface area contributed by atoms with E-state index in [4.69, 9.17) is 0 Å². The first kappa shape index (κ1) is 20.4. The van der Waals surface area contributed by atoms with Crippen LogP contribution in [0.5, 0.6) is 0 Å². The van der Waals surface area contributed by atoms with Gasteiger partial charge in [0.15, 0.2) is 0 Å². The smallest absolute Gasteiger partial charge is 1.00 e. The molecule has 80 valence electrons. The fourth-order valence-electron chi connectivity index (χ4n) is 0.652. The maximum Gasteiger partial charge on any atom is 2.00 e. The van der Waals surface area contributed by atoms with Crippen LogP contribution in [-0.2, 0) is 41.8 Å². The maximum atomic E-state index is 3.78. The SMILES string of the molecule is Cn1ccnc1.Cn1ccnc1.[Cl-].[Cl-].[Hg+2]. The van der Waals surface area contributed by atoms with Gasteiger partial charge in [0.2, 0.25) is 0 Å². The third-order valence-corrected chi connectivity index (χ3v) is 1.27. The van der Waals surface area contributed by atoms with Crippen molar-refractivity contribution < 1.29 is 52.5 Å². The first-order valence-corrected chi connectivity index (χ1v) is 3.63. The molecule has 7 heteroatoms. The maximum absolute atomic E-state index is 3.78. The number of aromatic nitrogens is 4. The van der Waals surface area contributed by atoms with Gasteiger partial charge in [0.1, 0.15) is 0 Å². The van der Waals surface area contributed by atoms with Gasteiger partial charge in [0, 0.05) is 38.9 Å². The summed E-state index contributed by atoms with van der Waals surface area (Å²) in [4.78, 5) is 7.57. The second-order valence-electron chi connectivity index (χ2n) is 2.46. The number of halogens is 2. The number of hydrogen-bond donors (Lipinski definition) is 0. The molecule has 0 radical (unpaired) electrons. The van der Waals surface area contributed by atoms with E-state index in [-0.39, 0.29) is 52.5 Å². The molecule has 2 heterocycles. The molecule has 0 N–H and O–H groups in total. The molecule has 15 heavy (non-hydrogen) atoms. The summed E-state index contributed by atoms with van der Waals surface area (Å²) >= 11 is 0. The molecule has 0 atom stereocenters. The van der Waals surface area contributed by atoms with Crippen LogP contribution in [0.3, 0.4) is 0 Å². The minimum atomic E-state index is 0. The molecule has 0 aliphatic rings. The minimum Gasteiger partial charge on any atom is -1.00 e. The number of imidazole rings is 2. The predicted octanol–water partition coefficient (Wildman–Crippen LogP) is -5.15. The Hall–Kier alpha value is -0.0649. The molecule has 0 amide bonds. The molecule has 2 aromatic heterocycles. The van der Waals surface area contributed by atoms with Crippen molar-refractivity contribution in [1.29, 1.82) is 0 Å². The Morgan fingerprint density at radius 1 is 0.800 bits per heavy atom. The van der Waals surface area contributed by atoms with Gasteiger partial charge in [0.05, 0.1) is 12.7 Å². The van der Waals surface area contributed by atoms with Gasteiger partial charge in [-0.25, -0.2) is 9.97 Å². The first-order valence-electron chi connectivity index (χ1n) is 3.63. The normalized spacial score (nSPS) is 7.07. The van der Waals surface area contributed by atoms with Crippen molar-refractivity contribution in [3.8, 4) is 0 Å². The van der Waals surface area contributed by atoms with Crippen molar-refractivity contribution in [1.82, 2.24) is 19.1 Å². The molecular formula is C8H12Cl2HgN4. The number of nitrogens with zero attached hydrogens (tertiary/aromatic N) is 4. The fourth-order valence-corrected chi connectivity index (χ4v) is 0.652. The number of rotatable bonds is 0. The summed E-state index contributed by atoms with van der Waals surface area (Å²) in [5.74, 6) is 0. The summed E-state index contributed by atoms with van der Waals surface area (Å²) < 4.78 is 3.78. The Kier molecular flexibility index (Phi) is 16.3. The molecule has 0 aliphatic heterocycles. The molecule has 0 spiro atoms. The fraction of sp³-hybridized carbons (Fsp3) is 0.250. The molecule has 0 aromatic carbocycles. The van der Waals surface area contributed by atoms with Crippen LogP contribution in [0.25, 0.3) is 0 Å². The first-order chi connectivity index (χ1) is 5.79. The Morgan fingerprint density at radius 3 is 1.20 bits per heavy atom. The zero-order valence-corrected chi connectivity index (χ0v) is 15.7. The second-order valence-corrected chi connectivity index (χ2v) is 2.46. The third-order valence-electron chi connectivity index (χ3n) is 1.27. The zero-order valence-electron chi connectivity index (χ0n) is 8.72. The van der Waals surface area contributed by atoms with E-state index in [2.05, 4.69) is 9.97 Å². The Labute approximate surface area is 122 Å². The van der Waals surface area contributed by atoms with E-state index < -0.39 is 0 Å². The second kappa shape index (κ2) is 12.0. The molecular weight excluding hydrogens is 424 g/mol. The van der Waals surface area contributed by atoms with Crippen LogP contribution in [0.4, 0.5) is 0 Å². The van der Waals surface area contributed by atoms with Crippen molar-refractivity contribution in [2.75, 3.05) is 0 Å². The van der Waals surface area contributed by atoms with Crippen LogP contribution in [0, 0.1) is 0 Å². The van der Waals surface area contributed by atoms with Crippen molar-refractivity contribution in [2.45, 2.75) is 0 Å². The molecule has 2 rings (SSSR count). The number of aryl methyl sites for hydroxylation is 2. The van der Waals surface area contributed by atoms with E-state index in [0.29, 0.717) is 0 Å². The van der Waals surface area contributed by atoms with Crippen molar-refractivity contribution in [3.63, 3.8) is 0 Å². The monoisotopic (exact) mass is 436 g/mol. The Bertz CT molecular complexity index is 264. The van der Waals surface area contributed by atoms with Crippen molar-refractivity contribution >= 4 is 0 Å². The van der Waals surface area contributed by atoms with E-state index in [1.54, 1.807) is 25.0 Å². The Balaban J connectivity index is -0.000000160. The molecule has 0 saturated heterocycles. The van der Waals surface area contributed by atoms with Gasteiger partial charge < -0.3 is 33.9 Å². The summed E-state index contributed by atoms with van der Waals surface area (Å²) in [6, 6.07) is 0. The third kappa shape index (κ3) is 10.2. The van der Waals surface area contributed by atoms with E-state index in [1.807, 2.05) is 35.6 Å². The van der Waals surface area contributed by atoms with E-state index in [1.165, 1.54) is 0 Å². The molecule has 2 aromatic rings. The number of hydrogen-bond acceptors (Lipinski definition) is 2. The minimum absolute atomic E-state index is 0. The van der Waals surface area contributed by atoms with Crippen molar-refractivity contribution in [2.24, 2.45) is 14.1 Å². The molecule has 0 bridgehead atoms. The summed E-state index contributed by atoms with van der Waals surface area (Å²) in [6.45, 7) is 0. The van der Waals surface area contributed by atoms with E-state index >= 15 is 0 Å².